The van der Waals surface area contributed by atoms with Gasteiger partial charge < -0.3 is 18.9 Å². The molecule has 0 heterocycles. The van der Waals surface area contributed by atoms with Gasteiger partial charge in [-0.2, -0.15) is 0 Å². The zero-order chi connectivity index (χ0) is 28.4. The zero-order valence-electron chi connectivity index (χ0n) is 23.6. The van der Waals surface area contributed by atoms with E-state index in [9.17, 15) is 9.59 Å². The summed E-state index contributed by atoms with van der Waals surface area (Å²) < 4.78 is 24.3. The van der Waals surface area contributed by atoms with Crippen LogP contribution in [0.1, 0.15) is 83.3 Å². The summed E-state index contributed by atoms with van der Waals surface area (Å²) in [6, 6.07) is 5.76. The van der Waals surface area contributed by atoms with Crippen molar-refractivity contribution in [2.45, 2.75) is 84.3 Å². The Morgan fingerprint density at radius 1 is 0.923 bits per heavy atom. The zero-order valence-corrected chi connectivity index (χ0v) is 24.4. The van der Waals surface area contributed by atoms with Crippen LogP contribution in [-0.2, 0) is 19.1 Å². The maximum atomic E-state index is 12.2. The number of fused-ring (bicyclic) bond motifs is 6. The Bertz CT molecular complexity index is 1300. The Kier molecular flexibility index (Phi) is 8.95. The number of carbonyl (C=O) groups excluding carboxylic acids is 2. The third-order valence-electron chi connectivity index (χ3n) is 7.91. The molecule has 210 valence electrons. The number of carbonyl (C=O) groups is 2. The molecule has 7 heteroatoms. The van der Waals surface area contributed by atoms with Gasteiger partial charge in [0.05, 0.1) is 5.02 Å². The molecule has 2 aromatic rings. The van der Waals surface area contributed by atoms with Crippen LogP contribution < -0.4 is 9.47 Å². The van der Waals surface area contributed by atoms with Gasteiger partial charge in [-0.25, -0.2) is 9.59 Å². The molecule has 0 N–H and O–H groups in total. The van der Waals surface area contributed by atoms with Crippen LogP contribution in [0.2, 0.25) is 5.02 Å². The van der Waals surface area contributed by atoms with Crippen LogP contribution in [0.4, 0.5) is 0 Å². The molecule has 5 atom stereocenters. The van der Waals surface area contributed by atoms with Crippen molar-refractivity contribution in [2.75, 3.05) is 13.2 Å². The lowest BCUT2D eigenvalue weighted by atomic mass is 9.82. The monoisotopic (exact) mass is 554 g/mol. The summed E-state index contributed by atoms with van der Waals surface area (Å²) >= 11 is 6.82. The Morgan fingerprint density at radius 3 is 2.03 bits per heavy atom. The fourth-order valence-electron chi connectivity index (χ4n) is 5.76. The van der Waals surface area contributed by atoms with Crippen molar-refractivity contribution in [3.8, 4) is 11.5 Å². The summed E-state index contributed by atoms with van der Waals surface area (Å²) in [6.45, 7) is 17.3. The van der Waals surface area contributed by atoms with Gasteiger partial charge in [0.15, 0.2) is 0 Å². The normalized spacial score (nSPS) is 20.7. The Balaban J connectivity index is 1.75. The minimum absolute atomic E-state index is 0.212. The molecule has 0 spiro atoms. The summed E-state index contributed by atoms with van der Waals surface area (Å²) in [4.78, 5) is 24.3. The lowest BCUT2D eigenvalue weighted by Gasteiger charge is -2.29. The quantitative estimate of drug-likeness (QED) is 0.198. The first-order chi connectivity index (χ1) is 18.6. The Hall–Kier alpha value is -2.99. The maximum absolute atomic E-state index is 12.2. The highest BCUT2D eigenvalue weighted by Gasteiger charge is 2.47. The third kappa shape index (κ3) is 5.81. The van der Waals surface area contributed by atoms with Gasteiger partial charge in [0.25, 0.3) is 0 Å². The van der Waals surface area contributed by atoms with Crippen LogP contribution in [0.15, 0.2) is 42.5 Å². The van der Waals surface area contributed by atoms with Crippen molar-refractivity contribution >= 4 is 34.3 Å². The molecule has 2 bridgehead atoms. The van der Waals surface area contributed by atoms with E-state index in [2.05, 4.69) is 20.1 Å². The van der Waals surface area contributed by atoms with Crippen molar-refractivity contribution in [1.29, 1.82) is 0 Å². The van der Waals surface area contributed by atoms with Crippen LogP contribution in [0.3, 0.4) is 0 Å². The molecule has 6 nitrogen and oxygen atoms in total. The fraction of sp³-hybridized carbons (Fsp3) is 0.500. The SMILES string of the molecule is C=C(C)C(=O)OC(CC)COc1c2c(c(OCC(CC)OC(=O)C(=C)C)c3c(Cl)cccc13)C1CC(C)C2C1. The van der Waals surface area contributed by atoms with Crippen LogP contribution in [-0.4, -0.2) is 37.4 Å². The average Bonchev–Trinajstić information content (AvgIpc) is 3.46. The van der Waals surface area contributed by atoms with E-state index in [1.807, 2.05) is 32.0 Å². The van der Waals surface area contributed by atoms with Crippen LogP contribution in [0.25, 0.3) is 10.8 Å². The Labute approximate surface area is 236 Å². The number of benzene rings is 2. The van der Waals surface area contributed by atoms with Gasteiger partial charge in [0, 0.05) is 33.0 Å². The highest BCUT2D eigenvalue weighted by Crippen LogP contribution is 2.63. The maximum Gasteiger partial charge on any atom is 0.333 e. The fourth-order valence-corrected chi connectivity index (χ4v) is 6.02. The predicted molar refractivity (Wildman–Crippen MR) is 154 cm³/mol. The van der Waals surface area contributed by atoms with Crippen molar-refractivity contribution in [3.63, 3.8) is 0 Å². The summed E-state index contributed by atoms with van der Waals surface area (Å²) in [5.74, 6) is 1.89. The van der Waals surface area contributed by atoms with Gasteiger partial charge in [-0.05, 0) is 63.4 Å². The molecule has 2 aromatic carbocycles. The second-order valence-corrected chi connectivity index (χ2v) is 11.4. The smallest absolute Gasteiger partial charge is 0.333 e. The standard InChI is InChI=1S/C32H39ClO6/c1-8-21(38-31(34)17(3)4)15-36-29-23-11-10-12-25(33)27(23)30(26-20-13-19(7)24(14-20)28(26)29)37-16-22(9-2)39-32(35)18(5)6/h10-12,19-22,24H,3,5,8-9,13-16H2,1-2,4,6-7H3. The summed E-state index contributed by atoms with van der Waals surface area (Å²) in [7, 11) is 0. The van der Waals surface area contributed by atoms with Crippen LogP contribution >= 0.6 is 11.6 Å². The molecule has 0 amide bonds. The highest BCUT2D eigenvalue weighted by molar-refractivity contribution is 6.36. The molecular formula is C32H39ClO6. The van der Waals surface area contributed by atoms with Gasteiger partial charge >= 0.3 is 11.9 Å². The van der Waals surface area contributed by atoms with E-state index in [0.29, 0.717) is 46.8 Å². The molecule has 0 saturated heterocycles. The van der Waals surface area contributed by atoms with Crippen molar-refractivity contribution in [2.24, 2.45) is 5.92 Å². The van der Waals surface area contributed by atoms with E-state index in [1.165, 1.54) is 0 Å². The second kappa shape index (κ2) is 12.0. The molecule has 2 aliphatic carbocycles. The van der Waals surface area contributed by atoms with E-state index in [4.69, 9.17) is 30.5 Å². The van der Waals surface area contributed by atoms with Gasteiger partial charge in [-0.15, -0.1) is 0 Å². The molecule has 5 unspecified atom stereocenters. The van der Waals surface area contributed by atoms with Gasteiger partial charge in [-0.3, -0.25) is 0 Å². The first-order valence-corrected chi connectivity index (χ1v) is 14.2. The number of hydrogen-bond acceptors (Lipinski definition) is 6. The topological polar surface area (TPSA) is 71.1 Å². The number of rotatable bonds is 12. The lowest BCUT2D eigenvalue weighted by Crippen LogP contribution is -2.26. The summed E-state index contributed by atoms with van der Waals surface area (Å²) in [5.41, 5.74) is 3.02. The van der Waals surface area contributed by atoms with E-state index >= 15 is 0 Å². The number of halogens is 1. The van der Waals surface area contributed by atoms with Gasteiger partial charge in [-0.1, -0.05) is 57.7 Å². The molecule has 1 saturated carbocycles. The number of hydrogen-bond donors (Lipinski definition) is 0. The average molecular weight is 555 g/mol. The summed E-state index contributed by atoms with van der Waals surface area (Å²) in [5, 5.41) is 2.23. The van der Waals surface area contributed by atoms with E-state index < -0.39 is 24.1 Å². The predicted octanol–water partition coefficient (Wildman–Crippen LogP) is 7.66. The Morgan fingerprint density at radius 2 is 1.49 bits per heavy atom. The van der Waals surface area contributed by atoms with Crippen LogP contribution in [0, 0.1) is 5.92 Å². The molecule has 0 aliphatic heterocycles. The molecule has 2 aliphatic rings. The molecule has 39 heavy (non-hydrogen) atoms. The van der Waals surface area contributed by atoms with E-state index in [1.54, 1.807) is 13.8 Å². The molecule has 1 fully saturated rings. The minimum atomic E-state index is -0.423. The number of ether oxygens (including phenoxy) is 4. The molecule has 0 radical (unpaired) electrons. The lowest BCUT2D eigenvalue weighted by molar-refractivity contribution is -0.146. The highest BCUT2D eigenvalue weighted by atomic mass is 35.5. The van der Waals surface area contributed by atoms with Gasteiger partial charge in [0.2, 0.25) is 0 Å². The molecule has 4 rings (SSSR count). The van der Waals surface area contributed by atoms with Crippen molar-refractivity contribution < 1.29 is 28.5 Å². The molecular weight excluding hydrogens is 516 g/mol. The van der Waals surface area contributed by atoms with Gasteiger partial charge in [0.1, 0.15) is 36.9 Å². The summed E-state index contributed by atoms with van der Waals surface area (Å²) in [6.07, 6.45) is 2.51. The van der Waals surface area contributed by atoms with Crippen molar-refractivity contribution in [1.82, 2.24) is 0 Å². The number of esters is 2. The molecule has 0 aromatic heterocycles. The van der Waals surface area contributed by atoms with E-state index in [-0.39, 0.29) is 13.2 Å². The van der Waals surface area contributed by atoms with Crippen molar-refractivity contribution in [3.05, 3.63) is 58.7 Å². The second-order valence-electron chi connectivity index (χ2n) is 11.0. The largest absolute Gasteiger partial charge is 0.489 e. The van der Waals surface area contributed by atoms with Crippen LogP contribution in [0.5, 0.6) is 11.5 Å². The first kappa shape index (κ1) is 29.0. The third-order valence-corrected chi connectivity index (χ3v) is 8.22. The minimum Gasteiger partial charge on any atom is -0.489 e. The first-order valence-electron chi connectivity index (χ1n) is 13.8. The van der Waals surface area contributed by atoms with E-state index in [0.717, 1.165) is 46.2 Å².